The second-order valence-electron chi connectivity index (χ2n) is 4.34. The Balaban J connectivity index is 1.72. The number of likely N-dealkylation sites (N-methyl/N-ethyl adjacent to an activating group) is 1. The average molecular weight is 233 g/mol. The fourth-order valence-electron chi connectivity index (χ4n) is 1.93. The van der Waals surface area contributed by atoms with Crippen molar-refractivity contribution in [1.82, 2.24) is 15.2 Å². The van der Waals surface area contributed by atoms with Crippen LogP contribution in [0, 0.1) is 0 Å². The van der Waals surface area contributed by atoms with Crippen LogP contribution in [0.25, 0.3) is 0 Å². The van der Waals surface area contributed by atoms with E-state index < -0.39 is 0 Å². The lowest BCUT2D eigenvalue weighted by Crippen LogP contribution is -2.39. The molecule has 0 radical (unpaired) electrons. The van der Waals surface area contributed by atoms with E-state index >= 15 is 0 Å². The summed E-state index contributed by atoms with van der Waals surface area (Å²) in [6.07, 6.45) is 4.10. The zero-order chi connectivity index (χ0) is 12.1. The van der Waals surface area contributed by atoms with Crippen molar-refractivity contribution in [3.05, 3.63) is 30.1 Å². The first-order chi connectivity index (χ1) is 8.31. The average Bonchev–Trinajstić information content (AvgIpc) is 3.16. The largest absolute Gasteiger partial charge is 0.339 e. The van der Waals surface area contributed by atoms with Gasteiger partial charge in [0.2, 0.25) is 5.91 Å². The summed E-state index contributed by atoms with van der Waals surface area (Å²) in [7, 11) is 0. The molecule has 1 N–H and O–H groups in total. The van der Waals surface area contributed by atoms with Crippen molar-refractivity contribution >= 4 is 5.91 Å². The summed E-state index contributed by atoms with van der Waals surface area (Å²) >= 11 is 0. The van der Waals surface area contributed by atoms with Crippen molar-refractivity contribution < 1.29 is 4.79 Å². The lowest BCUT2D eigenvalue weighted by molar-refractivity contribution is -0.130. The Kier molecular flexibility index (Phi) is 4.09. The van der Waals surface area contributed by atoms with Gasteiger partial charge in [-0.3, -0.25) is 9.78 Å². The Labute approximate surface area is 102 Å². The maximum atomic E-state index is 11.9. The number of nitrogens with one attached hydrogen (secondary N) is 1. The third-order valence-electron chi connectivity index (χ3n) is 2.96. The number of nitrogens with zero attached hydrogens (tertiary/aromatic N) is 2. The molecule has 1 aromatic rings. The molecule has 0 spiro atoms. The summed E-state index contributed by atoms with van der Waals surface area (Å²) in [4.78, 5) is 18.1. The fraction of sp³-hybridized carbons (Fsp3) is 0.538. The van der Waals surface area contributed by atoms with Crippen molar-refractivity contribution in [2.45, 2.75) is 32.4 Å². The molecule has 2 rings (SSSR count). The van der Waals surface area contributed by atoms with Gasteiger partial charge in [0.25, 0.3) is 0 Å². The molecule has 1 fully saturated rings. The van der Waals surface area contributed by atoms with Crippen LogP contribution in [0.3, 0.4) is 0 Å². The standard InChI is InChI=1S/C13H19N3O/c1-2-16(12-6-7-12)13(17)10-14-9-11-5-3-4-8-15-11/h3-5,8,12,14H,2,6-7,9-10H2,1H3. The first-order valence-corrected chi connectivity index (χ1v) is 6.21. The Morgan fingerprint density at radius 1 is 1.53 bits per heavy atom. The molecule has 1 heterocycles. The first kappa shape index (κ1) is 12.0. The second-order valence-corrected chi connectivity index (χ2v) is 4.34. The predicted octanol–water partition coefficient (Wildman–Crippen LogP) is 1.18. The third kappa shape index (κ3) is 3.53. The zero-order valence-electron chi connectivity index (χ0n) is 10.2. The molecule has 0 bridgehead atoms. The van der Waals surface area contributed by atoms with E-state index in [1.54, 1.807) is 6.20 Å². The topological polar surface area (TPSA) is 45.2 Å². The van der Waals surface area contributed by atoms with Crippen LogP contribution < -0.4 is 5.32 Å². The van der Waals surface area contributed by atoms with E-state index in [0.717, 1.165) is 12.2 Å². The summed E-state index contributed by atoms with van der Waals surface area (Å²) in [6.45, 7) is 3.90. The molecule has 17 heavy (non-hydrogen) atoms. The summed E-state index contributed by atoms with van der Waals surface area (Å²) in [6, 6.07) is 6.30. The predicted molar refractivity (Wildman–Crippen MR) is 66.4 cm³/mol. The lowest BCUT2D eigenvalue weighted by Gasteiger charge is -2.20. The quantitative estimate of drug-likeness (QED) is 0.802. The minimum atomic E-state index is 0.200. The maximum Gasteiger partial charge on any atom is 0.236 e. The summed E-state index contributed by atoms with van der Waals surface area (Å²) in [5.41, 5.74) is 0.967. The molecular formula is C13H19N3O. The summed E-state index contributed by atoms with van der Waals surface area (Å²) in [5.74, 6) is 0.200. The molecule has 0 saturated heterocycles. The van der Waals surface area contributed by atoms with Crippen LogP contribution in [0.4, 0.5) is 0 Å². The van der Waals surface area contributed by atoms with Crippen molar-refractivity contribution in [1.29, 1.82) is 0 Å². The van der Waals surface area contributed by atoms with E-state index in [2.05, 4.69) is 10.3 Å². The van der Waals surface area contributed by atoms with Gasteiger partial charge in [-0.15, -0.1) is 0 Å². The Bertz CT molecular complexity index is 362. The molecule has 1 aliphatic carbocycles. The van der Waals surface area contributed by atoms with Crippen LogP contribution in [-0.2, 0) is 11.3 Å². The number of amides is 1. The number of aromatic nitrogens is 1. The second kappa shape index (κ2) is 5.77. The number of hydrogen-bond acceptors (Lipinski definition) is 3. The highest BCUT2D eigenvalue weighted by molar-refractivity contribution is 5.78. The molecule has 0 aromatic carbocycles. The maximum absolute atomic E-state index is 11.9. The van der Waals surface area contributed by atoms with E-state index in [-0.39, 0.29) is 5.91 Å². The van der Waals surface area contributed by atoms with Gasteiger partial charge in [-0.05, 0) is 31.9 Å². The molecule has 92 valence electrons. The number of carbonyl (C=O) groups excluding carboxylic acids is 1. The molecule has 1 aromatic heterocycles. The summed E-state index contributed by atoms with van der Waals surface area (Å²) in [5, 5.41) is 3.15. The van der Waals surface area contributed by atoms with Crippen molar-refractivity contribution in [2.75, 3.05) is 13.1 Å². The Hall–Kier alpha value is -1.42. The molecule has 1 saturated carbocycles. The van der Waals surface area contributed by atoms with Gasteiger partial charge in [-0.2, -0.15) is 0 Å². The molecule has 1 aliphatic rings. The van der Waals surface area contributed by atoms with Crippen molar-refractivity contribution in [2.24, 2.45) is 0 Å². The molecule has 0 atom stereocenters. The van der Waals surface area contributed by atoms with E-state index in [0.29, 0.717) is 19.1 Å². The fourth-order valence-corrected chi connectivity index (χ4v) is 1.93. The Morgan fingerprint density at radius 2 is 2.35 bits per heavy atom. The van der Waals surface area contributed by atoms with Gasteiger partial charge in [0.1, 0.15) is 0 Å². The zero-order valence-corrected chi connectivity index (χ0v) is 10.2. The van der Waals surface area contributed by atoms with Crippen LogP contribution in [0.5, 0.6) is 0 Å². The van der Waals surface area contributed by atoms with Crippen LogP contribution >= 0.6 is 0 Å². The number of pyridine rings is 1. The molecule has 0 aliphatic heterocycles. The van der Waals surface area contributed by atoms with Crippen LogP contribution in [-0.4, -0.2) is 34.9 Å². The Morgan fingerprint density at radius 3 is 2.94 bits per heavy atom. The van der Waals surface area contributed by atoms with E-state index in [4.69, 9.17) is 0 Å². The van der Waals surface area contributed by atoms with Crippen molar-refractivity contribution in [3.63, 3.8) is 0 Å². The molecule has 4 nitrogen and oxygen atoms in total. The number of hydrogen-bond donors (Lipinski definition) is 1. The minimum absolute atomic E-state index is 0.200. The van der Waals surface area contributed by atoms with Crippen LogP contribution in [0.2, 0.25) is 0 Å². The van der Waals surface area contributed by atoms with Gasteiger partial charge in [0, 0.05) is 25.3 Å². The van der Waals surface area contributed by atoms with Gasteiger partial charge < -0.3 is 10.2 Å². The van der Waals surface area contributed by atoms with Gasteiger partial charge >= 0.3 is 0 Å². The minimum Gasteiger partial charge on any atom is -0.339 e. The lowest BCUT2D eigenvalue weighted by atomic mass is 10.3. The van der Waals surface area contributed by atoms with Gasteiger partial charge in [-0.25, -0.2) is 0 Å². The van der Waals surface area contributed by atoms with Crippen LogP contribution in [0.15, 0.2) is 24.4 Å². The van der Waals surface area contributed by atoms with E-state index in [1.807, 2.05) is 30.0 Å². The number of rotatable bonds is 6. The molecule has 1 amide bonds. The van der Waals surface area contributed by atoms with Gasteiger partial charge in [0.05, 0.1) is 12.2 Å². The first-order valence-electron chi connectivity index (χ1n) is 6.21. The van der Waals surface area contributed by atoms with Gasteiger partial charge in [0.15, 0.2) is 0 Å². The van der Waals surface area contributed by atoms with Crippen molar-refractivity contribution in [3.8, 4) is 0 Å². The SMILES string of the molecule is CCN(C(=O)CNCc1ccccn1)C1CC1. The molecule has 4 heteroatoms. The highest BCUT2D eigenvalue weighted by Gasteiger charge is 2.30. The normalized spacial score (nSPS) is 14.6. The highest BCUT2D eigenvalue weighted by atomic mass is 16.2. The van der Waals surface area contributed by atoms with E-state index in [1.165, 1.54) is 12.8 Å². The van der Waals surface area contributed by atoms with Gasteiger partial charge in [-0.1, -0.05) is 6.07 Å². The van der Waals surface area contributed by atoms with E-state index in [9.17, 15) is 4.79 Å². The number of carbonyl (C=O) groups is 1. The monoisotopic (exact) mass is 233 g/mol. The molecule has 0 unspecified atom stereocenters. The highest BCUT2D eigenvalue weighted by Crippen LogP contribution is 2.26. The molecular weight excluding hydrogens is 214 g/mol. The summed E-state index contributed by atoms with van der Waals surface area (Å²) < 4.78 is 0. The van der Waals surface area contributed by atoms with Crippen LogP contribution in [0.1, 0.15) is 25.5 Å². The smallest absolute Gasteiger partial charge is 0.236 e. The third-order valence-corrected chi connectivity index (χ3v) is 2.96.